The molecule has 1 heterocycles. The van der Waals surface area contributed by atoms with Crippen molar-refractivity contribution in [1.82, 2.24) is 4.90 Å². The molecule has 3 unspecified atom stereocenters. The van der Waals surface area contributed by atoms with Crippen LogP contribution in [0.15, 0.2) is 0 Å². The number of nitrogens with zero attached hydrogens (tertiary/aromatic N) is 1. The van der Waals surface area contributed by atoms with Crippen LogP contribution in [0, 0.1) is 5.92 Å². The van der Waals surface area contributed by atoms with Gasteiger partial charge in [-0.2, -0.15) is 0 Å². The number of carbonyl (C=O) groups excluding carboxylic acids is 1. The van der Waals surface area contributed by atoms with Gasteiger partial charge in [-0.25, -0.2) is 0 Å². The minimum atomic E-state index is -3.57. The summed E-state index contributed by atoms with van der Waals surface area (Å²) in [5.41, 5.74) is -0.414. The molecule has 0 spiro atoms. The number of rotatable bonds is 5. The van der Waals surface area contributed by atoms with E-state index < -0.39 is 13.3 Å². The lowest BCUT2D eigenvalue weighted by atomic mass is 10.1. The van der Waals surface area contributed by atoms with Crippen LogP contribution in [0.3, 0.4) is 0 Å². The Balaban J connectivity index is 2.72. The SMILES string of the molecule is CCC1CC(OP(=O)(O)C(C)C)CN1C(=O)C(C)C. The summed E-state index contributed by atoms with van der Waals surface area (Å²) in [5.74, 6) is 0.0362. The highest BCUT2D eigenvalue weighted by Crippen LogP contribution is 2.49. The van der Waals surface area contributed by atoms with Gasteiger partial charge in [0.1, 0.15) is 0 Å². The van der Waals surface area contributed by atoms with Crippen LogP contribution in [0.25, 0.3) is 0 Å². The van der Waals surface area contributed by atoms with Crippen molar-refractivity contribution in [3.05, 3.63) is 0 Å². The summed E-state index contributed by atoms with van der Waals surface area (Å²) in [6, 6.07) is 0.118. The van der Waals surface area contributed by atoms with Gasteiger partial charge in [0.25, 0.3) is 0 Å². The summed E-state index contributed by atoms with van der Waals surface area (Å²) in [5, 5.41) is 0. The summed E-state index contributed by atoms with van der Waals surface area (Å²) in [7, 11) is -3.57. The van der Waals surface area contributed by atoms with Gasteiger partial charge < -0.3 is 14.3 Å². The fourth-order valence-corrected chi connectivity index (χ4v) is 3.10. The zero-order valence-electron chi connectivity index (χ0n) is 12.5. The molecule has 3 atom stereocenters. The lowest BCUT2D eigenvalue weighted by Crippen LogP contribution is -2.38. The highest BCUT2D eigenvalue weighted by molar-refractivity contribution is 7.53. The fraction of sp³-hybridized carbons (Fsp3) is 0.923. The van der Waals surface area contributed by atoms with Crippen LogP contribution in [0.2, 0.25) is 0 Å². The first-order chi connectivity index (χ1) is 8.69. The maximum atomic E-state index is 12.1. The molecule has 0 radical (unpaired) electrons. The fourth-order valence-electron chi connectivity index (χ4n) is 2.27. The number of hydrogen-bond donors (Lipinski definition) is 1. The summed E-state index contributed by atoms with van der Waals surface area (Å²) < 4.78 is 17.3. The van der Waals surface area contributed by atoms with Gasteiger partial charge in [0.15, 0.2) is 0 Å². The van der Waals surface area contributed by atoms with E-state index in [-0.39, 0.29) is 24.0 Å². The van der Waals surface area contributed by atoms with Gasteiger partial charge in [-0.3, -0.25) is 9.36 Å². The van der Waals surface area contributed by atoms with Crippen LogP contribution >= 0.6 is 7.60 Å². The summed E-state index contributed by atoms with van der Waals surface area (Å²) >= 11 is 0. The Kier molecular flexibility index (Phi) is 5.60. The van der Waals surface area contributed by atoms with Crippen molar-refractivity contribution < 1.29 is 18.8 Å². The molecule has 5 nitrogen and oxygen atoms in total. The van der Waals surface area contributed by atoms with E-state index in [4.69, 9.17) is 4.52 Å². The predicted molar refractivity (Wildman–Crippen MR) is 75.1 cm³/mol. The molecule has 1 N–H and O–H groups in total. The highest BCUT2D eigenvalue weighted by Gasteiger charge is 2.39. The molecule has 0 bridgehead atoms. The second-order valence-corrected chi connectivity index (χ2v) is 8.20. The molecule has 1 rings (SSSR count). The number of carbonyl (C=O) groups is 1. The first kappa shape index (κ1) is 16.7. The minimum absolute atomic E-state index is 0.0566. The van der Waals surface area contributed by atoms with Crippen molar-refractivity contribution in [2.45, 2.75) is 65.3 Å². The first-order valence-corrected chi connectivity index (χ1v) is 8.65. The molecule has 6 heteroatoms. The van der Waals surface area contributed by atoms with Crippen LogP contribution in [-0.4, -0.2) is 40.1 Å². The summed E-state index contributed by atoms with van der Waals surface area (Å²) in [4.78, 5) is 23.7. The van der Waals surface area contributed by atoms with E-state index in [1.807, 2.05) is 20.8 Å². The van der Waals surface area contributed by atoms with Gasteiger partial charge in [-0.15, -0.1) is 0 Å². The van der Waals surface area contributed by atoms with Crippen molar-refractivity contribution >= 4 is 13.5 Å². The molecule has 0 saturated carbocycles. The standard InChI is InChI=1S/C13H26NO4P/c1-6-11-7-12(18-19(16,17)10(4)5)8-14(11)13(15)9(2)3/h9-12H,6-8H2,1-5H3,(H,16,17). The van der Waals surface area contributed by atoms with E-state index in [1.54, 1.807) is 18.7 Å². The Bertz CT molecular complexity index is 370. The van der Waals surface area contributed by atoms with Crippen molar-refractivity contribution in [3.63, 3.8) is 0 Å². The monoisotopic (exact) mass is 291 g/mol. The molecule has 1 aliphatic heterocycles. The summed E-state index contributed by atoms with van der Waals surface area (Å²) in [6.07, 6.45) is 1.16. The van der Waals surface area contributed by atoms with Gasteiger partial charge in [-0.1, -0.05) is 34.6 Å². The average Bonchev–Trinajstić information content (AvgIpc) is 2.69. The van der Waals surface area contributed by atoms with E-state index in [0.29, 0.717) is 13.0 Å². The molecule has 0 aliphatic carbocycles. The van der Waals surface area contributed by atoms with Gasteiger partial charge in [0.2, 0.25) is 5.91 Å². The number of likely N-dealkylation sites (tertiary alicyclic amines) is 1. The van der Waals surface area contributed by atoms with Crippen LogP contribution in [0.1, 0.15) is 47.5 Å². The molecule has 19 heavy (non-hydrogen) atoms. The number of amides is 1. The molecule has 0 aromatic carbocycles. The van der Waals surface area contributed by atoms with Crippen LogP contribution < -0.4 is 0 Å². The largest absolute Gasteiger partial charge is 0.337 e. The second-order valence-electron chi connectivity index (χ2n) is 5.83. The van der Waals surface area contributed by atoms with Crippen LogP contribution in [0.4, 0.5) is 0 Å². The van der Waals surface area contributed by atoms with Crippen molar-refractivity contribution in [2.24, 2.45) is 5.92 Å². The van der Waals surface area contributed by atoms with Crippen LogP contribution in [-0.2, 0) is 13.9 Å². The van der Waals surface area contributed by atoms with Gasteiger partial charge in [0, 0.05) is 18.5 Å². The Morgan fingerprint density at radius 1 is 1.42 bits per heavy atom. The van der Waals surface area contributed by atoms with Crippen molar-refractivity contribution in [2.75, 3.05) is 6.54 Å². The Morgan fingerprint density at radius 3 is 2.42 bits per heavy atom. The molecular formula is C13H26NO4P. The predicted octanol–water partition coefficient (Wildman–Crippen LogP) is 2.63. The molecule has 0 aromatic heterocycles. The lowest BCUT2D eigenvalue weighted by molar-refractivity contribution is -0.135. The zero-order valence-corrected chi connectivity index (χ0v) is 13.4. The highest BCUT2D eigenvalue weighted by atomic mass is 31.2. The smallest absolute Gasteiger partial charge is 0.330 e. The quantitative estimate of drug-likeness (QED) is 0.791. The molecule has 1 fully saturated rings. The minimum Gasteiger partial charge on any atom is -0.337 e. The number of hydrogen-bond acceptors (Lipinski definition) is 3. The Labute approximate surface area is 115 Å². The van der Waals surface area contributed by atoms with E-state index in [9.17, 15) is 14.3 Å². The lowest BCUT2D eigenvalue weighted by Gasteiger charge is -2.25. The van der Waals surface area contributed by atoms with Crippen molar-refractivity contribution in [3.8, 4) is 0 Å². The summed E-state index contributed by atoms with van der Waals surface area (Å²) in [6.45, 7) is 9.53. The maximum Gasteiger partial charge on any atom is 0.330 e. The third-order valence-electron chi connectivity index (χ3n) is 3.58. The maximum absolute atomic E-state index is 12.1. The third-order valence-corrected chi connectivity index (χ3v) is 5.48. The second kappa shape index (κ2) is 6.38. The topological polar surface area (TPSA) is 66.8 Å². The molecular weight excluding hydrogens is 265 g/mol. The Morgan fingerprint density at radius 2 is 2.00 bits per heavy atom. The molecule has 1 amide bonds. The first-order valence-electron chi connectivity index (χ1n) is 7.00. The normalized spacial score (nSPS) is 27.1. The van der Waals surface area contributed by atoms with Gasteiger partial charge in [0.05, 0.1) is 11.8 Å². The molecule has 1 saturated heterocycles. The van der Waals surface area contributed by atoms with Gasteiger partial charge in [-0.05, 0) is 12.8 Å². The molecule has 112 valence electrons. The zero-order chi connectivity index (χ0) is 14.8. The van der Waals surface area contributed by atoms with Crippen molar-refractivity contribution in [1.29, 1.82) is 0 Å². The third kappa shape index (κ3) is 4.04. The van der Waals surface area contributed by atoms with Crippen LogP contribution in [0.5, 0.6) is 0 Å². The van der Waals surface area contributed by atoms with E-state index in [0.717, 1.165) is 6.42 Å². The van der Waals surface area contributed by atoms with E-state index in [2.05, 4.69) is 0 Å². The average molecular weight is 291 g/mol. The van der Waals surface area contributed by atoms with E-state index >= 15 is 0 Å². The van der Waals surface area contributed by atoms with E-state index in [1.165, 1.54) is 0 Å². The Hall–Kier alpha value is -0.380. The molecule has 1 aliphatic rings. The molecule has 0 aromatic rings. The van der Waals surface area contributed by atoms with Gasteiger partial charge >= 0.3 is 7.60 Å².